The highest BCUT2D eigenvalue weighted by atomic mass is 79.9. The molecule has 0 bridgehead atoms. The molecule has 1 aliphatic carbocycles. The number of hydrogen-bond acceptors (Lipinski definition) is 10. The van der Waals surface area contributed by atoms with Crippen LogP contribution in [0.4, 0.5) is 0 Å². The Balaban J connectivity index is 1.34. The quantitative estimate of drug-likeness (QED) is 0.191. The maximum Gasteiger partial charge on any atom is 0.267 e. The zero-order valence-electron chi connectivity index (χ0n) is 20.6. The third-order valence-corrected chi connectivity index (χ3v) is 12.2. The minimum Gasteiger partial charge on any atom is -0.370 e. The van der Waals surface area contributed by atoms with E-state index in [-0.39, 0.29) is 36.8 Å². The molecule has 8 atom stereocenters. The van der Waals surface area contributed by atoms with Gasteiger partial charge in [-0.1, -0.05) is 0 Å². The van der Waals surface area contributed by atoms with Crippen LogP contribution in [0.5, 0.6) is 0 Å². The van der Waals surface area contributed by atoms with Gasteiger partial charge in [-0.3, -0.25) is 9.59 Å². The van der Waals surface area contributed by atoms with Gasteiger partial charge in [0.05, 0.1) is 23.5 Å². The Kier molecular flexibility index (Phi) is 7.43. The van der Waals surface area contributed by atoms with Crippen LogP contribution in [-0.4, -0.2) is 81.0 Å². The number of aliphatic hydroxyl groups is 1. The summed E-state index contributed by atoms with van der Waals surface area (Å²) in [5, 5.41) is 23.2. The summed E-state index contributed by atoms with van der Waals surface area (Å²) in [7, 11) is 0. The third kappa shape index (κ3) is 4.60. The third-order valence-electron chi connectivity index (χ3n) is 7.96. The van der Waals surface area contributed by atoms with Gasteiger partial charge in [0, 0.05) is 24.9 Å². The molecule has 2 aromatic heterocycles. The van der Waals surface area contributed by atoms with Crippen molar-refractivity contribution in [2.24, 2.45) is 39.2 Å². The molecule has 2 fully saturated rings. The van der Waals surface area contributed by atoms with Crippen molar-refractivity contribution in [2.75, 3.05) is 13.1 Å². The van der Waals surface area contributed by atoms with Crippen molar-refractivity contribution in [2.45, 2.75) is 29.1 Å². The van der Waals surface area contributed by atoms with E-state index in [4.69, 9.17) is 27.8 Å². The molecule has 2 amide bonds. The predicted octanol–water partition coefficient (Wildman–Crippen LogP) is 0.968. The number of alkyl halides is 1. The van der Waals surface area contributed by atoms with Gasteiger partial charge in [0.2, 0.25) is 6.23 Å². The molecule has 1 saturated carbocycles. The number of nitrogens with one attached hydrogen (secondary N) is 6. The van der Waals surface area contributed by atoms with Gasteiger partial charge in [0.15, 0.2) is 23.9 Å². The van der Waals surface area contributed by atoms with E-state index in [0.29, 0.717) is 29.5 Å². The molecule has 11 N–H and O–H groups in total. The Bertz CT molecular complexity index is 1460. The van der Waals surface area contributed by atoms with Crippen molar-refractivity contribution < 1.29 is 19.4 Å². The van der Waals surface area contributed by atoms with Gasteiger partial charge in [0.25, 0.3) is 11.8 Å². The minimum atomic E-state index is -1.82. The van der Waals surface area contributed by atoms with Crippen LogP contribution >= 0.6 is 75.3 Å². The topological polar surface area (TPSA) is 220 Å². The summed E-state index contributed by atoms with van der Waals surface area (Å²) < 4.78 is 8.67. The zero-order valence-corrected chi connectivity index (χ0v) is 27.7. The van der Waals surface area contributed by atoms with E-state index >= 15 is 0 Å². The highest BCUT2D eigenvalue weighted by Crippen LogP contribution is 2.58. The van der Waals surface area contributed by atoms with Crippen LogP contribution in [0.1, 0.15) is 21.0 Å². The molecule has 41 heavy (non-hydrogen) atoms. The summed E-state index contributed by atoms with van der Waals surface area (Å²) in [6.07, 6.45) is -2.03. The van der Waals surface area contributed by atoms with E-state index in [1.54, 1.807) is 12.1 Å². The maximum absolute atomic E-state index is 13.1. The number of hydrogen-bond donors (Lipinski definition) is 9. The number of nitrogens with zero attached hydrogens (tertiary/aromatic N) is 2. The van der Waals surface area contributed by atoms with Crippen LogP contribution in [0.2, 0.25) is 0 Å². The Morgan fingerprint density at radius 3 is 1.98 bits per heavy atom. The second-order valence-corrected chi connectivity index (χ2v) is 14.0. The van der Waals surface area contributed by atoms with Crippen LogP contribution in [0, 0.1) is 17.8 Å². The molecule has 220 valence electrons. The fourth-order valence-electron chi connectivity index (χ4n) is 6.36. The number of carbonyl (C=O) groups is 2. The molecule has 5 heterocycles. The first-order valence-electron chi connectivity index (χ1n) is 12.2. The maximum atomic E-state index is 13.1. The van der Waals surface area contributed by atoms with Gasteiger partial charge >= 0.3 is 0 Å². The summed E-state index contributed by atoms with van der Waals surface area (Å²) in [4.78, 5) is 40.7. The number of H-pyrrole nitrogens is 2. The first kappa shape index (κ1) is 29.3. The second kappa shape index (κ2) is 10.4. The smallest absolute Gasteiger partial charge is 0.267 e. The average molecular weight is 847 g/mol. The van der Waals surface area contributed by atoms with E-state index in [2.05, 4.69) is 105 Å². The Morgan fingerprint density at radius 1 is 0.927 bits per heavy atom. The number of aromatic amines is 2. The fraction of sp³-hybridized carbons (Fsp3) is 0.455. The van der Waals surface area contributed by atoms with Crippen LogP contribution in [0.15, 0.2) is 40.3 Å². The lowest BCUT2D eigenvalue weighted by Crippen LogP contribution is -2.75. The number of aliphatic imine (C=N–C) groups is 2. The average Bonchev–Trinajstić information content (AvgIpc) is 3.66. The molecular formula is C22H23Br4ClN10O4. The molecule has 3 aliphatic heterocycles. The van der Waals surface area contributed by atoms with Crippen LogP contribution in [-0.2, 0) is 4.74 Å². The summed E-state index contributed by atoms with van der Waals surface area (Å²) in [6.45, 7) is 0.152. The van der Waals surface area contributed by atoms with Gasteiger partial charge in [-0.25, -0.2) is 9.98 Å². The number of nitrogens with two attached hydrogens (primary N) is 2. The van der Waals surface area contributed by atoms with E-state index < -0.39 is 46.9 Å². The number of halogens is 5. The standard InChI is InChI=1S/C22H23Br4ClN10O4/c23-7-1-9(32-13(7)25)15(38)30-3-5-6(4-31-16(39)10-2-8(24)14(26)33-10)12(27)21-11(5)22(40)18(35-20(29)37-22)41-17(21)34-19(28)36-21/h1-2,5-6,11-12,17-18,32-33,40H,3-4H2,(H,30,38)(H,31,39)(H3,28,34,36)(H3,29,35,37)/t5-,6-,11+,12+,17+,18-,21+,22-/m1/s1. The molecule has 14 nitrogen and oxygen atoms in total. The van der Waals surface area contributed by atoms with Gasteiger partial charge in [-0.05, 0) is 81.8 Å². The lowest BCUT2D eigenvalue weighted by atomic mass is 9.71. The van der Waals surface area contributed by atoms with Crippen molar-refractivity contribution in [1.29, 1.82) is 0 Å². The van der Waals surface area contributed by atoms with E-state index in [1.807, 2.05) is 0 Å². The number of rotatable bonds is 6. The largest absolute Gasteiger partial charge is 0.370 e. The SMILES string of the molecule is NC1=N[C@@H]2O[C@@H]3N=C(N)N[C@]34[C@H]([C@H](CNC(=O)c3cc(Br)c(Br)[nH]3)[C@@H](CNC(=O)c3cc(Br)c(Br)[nH]3)[C@@H]4Cl)[C@]2(O)N1. The number of fused-ring (bicyclic) bond motifs is 2. The first-order valence-corrected chi connectivity index (χ1v) is 15.8. The fourth-order valence-corrected chi connectivity index (χ4v) is 8.25. The number of aromatic nitrogens is 2. The summed E-state index contributed by atoms with van der Waals surface area (Å²) in [5.41, 5.74) is 9.70. The van der Waals surface area contributed by atoms with Crippen molar-refractivity contribution >= 4 is 99.1 Å². The molecule has 19 heteroatoms. The molecule has 4 aliphatic rings. The number of ether oxygens (including phenoxy) is 1. The molecule has 0 radical (unpaired) electrons. The van der Waals surface area contributed by atoms with Crippen molar-refractivity contribution in [1.82, 2.24) is 31.2 Å². The first-order chi connectivity index (χ1) is 19.3. The van der Waals surface area contributed by atoms with E-state index in [0.717, 1.165) is 0 Å². The lowest BCUT2D eigenvalue weighted by molar-refractivity contribution is -0.233. The molecular weight excluding hydrogens is 823 g/mol. The second-order valence-electron chi connectivity index (χ2n) is 10.2. The van der Waals surface area contributed by atoms with Gasteiger partial charge < -0.3 is 52.5 Å². The molecule has 0 aromatic carbocycles. The predicted molar refractivity (Wildman–Crippen MR) is 163 cm³/mol. The number of carbonyl (C=O) groups excluding carboxylic acids is 2. The lowest BCUT2D eigenvalue weighted by Gasteiger charge is -2.51. The number of guanidine groups is 2. The summed E-state index contributed by atoms with van der Waals surface area (Å²) >= 11 is 20.6. The van der Waals surface area contributed by atoms with Crippen LogP contribution in [0.3, 0.4) is 0 Å². The van der Waals surface area contributed by atoms with Gasteiger partial charge in [0.1, 0.15) is 16.9 Å². The Morgan fingerprint density at radius 2 is 1.44 bits per heavy atom. The van der Waals surface area contributed by atoms with E-state index in [9.17, 15) is 14.7 Å². The van der Waals surface area contributed by atoms with Gasteiger partial charge in [-0.15, -0.1) is 11.6 Å². The van der Waals surface area contributed by atoms with Crippen molar-refractivity contribution in [3.05, 3.63) is 41.7 Å². The van der Waals surface area contributed by atoms with E-state index in [1.165, 1.54) is 0 Å². The summed E-state index contributed by atoms with van der Waals surface area (Å²) in [6, 6.07) is 3.28. The highest BCUT2D eigenvalue weighted by molar-refractivity contribution is 9.13. The molecule has 1 spiro atoms. The summed E-state index contributed by atoms with van der Waals surface area (Å²) in [5.74, 6) is -2.53. The van der Waals surface area contributed by atoms with Crippen molar-refractivity contribution in [3.63, 3.8) is 0 Å². The molecule has 6 rings (SSSR count). The van der Waals surface area contributed by atoms with Crippen LogP contribution < -0.4 is 32.7 Å². The Hall–Kier alpha value is -1.83. The zero-order chi connectivity index (χ0) is 29.4. The molecule has 1 saturated heterocycles. The Labute approximate surface area is 271 Å². The minimum absolute atomic E-state index is 0.0146. The molecule has 2 aromatic rings. The number of amides is 2. The normalized spacial score (nSPS) is 35.0. The highest BCUT2D eigenvalue weighted by Gasteiger charge is 2.76. The van der Waals surface area contributed by atoms with Gasteiger partial charge in [-0.2, -0.15) is 0 Å². The monoisotopic (exact) mass is 842 g/mol. The van der Waals surface area contributed by atoms with Crippen LogP contribution in [0.25, 0.3) is 0 Å². The van der Waals surface area contributed by atoms with Crippen molar-refractivity contribution in [3.8, 4) is 0 Å². The molecule has 0 unspecified atom stereocenters.